The van der Waals surface area contributed by atoms with E-state index in [0.29, 0.717) is 12.1 Å². The third-order valence-electron chi connectivity index (χ3n) is 5.77. The normalized spacial score (nSPS) is 22.5. The molecule has 3 aliphatic rings. The van der Waals surface area contributed by atoms with Crippen molar-refractivity contribution >= 4 is 23.2 Å². The van der Waals surface area contributed by atoms with Crippen LogP contribution in [0.1, 0.15) is 48.9 Å². The third kappa shape index (κ3) is 3.56. The second-order valence-electron chi connectivity index (χ2n) is 7.58. The first-order valence-electron chi connectivity index (χ1n) is 9.94. The predicted octanol–water partition coefficient (Wildman–Crippen LogP) is 2.21. The molecule has 140 valence electrons. The molecule has 0 radical (unpaired) electrons. The van der Waals surface area contributed by atoms with Gasteiger partial charge in [0.1, 0.15) is 6.04 Å². The summed E-state index contributed by atoms with van der Waals surface area (Å²) in [6.07, 6.45) is 6.69. The van der Waals surface area contributed by atoms with Crippen LogP contribution >= 0.6 is 0 Å². The van der Waals surface area contributed by atoms with Gasteiger partial charge in [-0.15, -0.1) is 0 Å². The lowest BCUT2D eigenvalue weighted by atomic mass is 9.97. The summed E-state index contributed by atoms with van der Waals surface area (Å²) in [6.45, 7) is 5.03. The zero-order valence-corrected chi connectivity index (χ0v) is 15.3. The molecule has 2 fully saturated rings. The number of amides is 2. The van der Waals surface area contributed by atoms with Crippen LogP contribution in [0.2, 0.25) is 0 Å². The molecule has 0 spiro atoms. The van der Waals surface area contributed by atoms with Crippen LogP contribution in [0.5, 0.6) is 0 Å². The lowest BCUT2D eigenvalue weighted by Crippen LogP contribution is -2.50. The summed E-state index contributed by atoms with van der Waals surface area (Å²) in [4.78, 5) is 29.4. The third-order valence-corrected chi connectivity index (χ3v) is 5.77. The molecule has 1 atom stereocenters. The Bertz CT molecular complexity index is 684. The van der Waals surface area contributed by atoms with Crippen LogP contribution in [0, 0.1) is 0 Å². The van der Waals surface area contributed by atoms with Crippen molar-refractivity contribution in [2.45, 2.75) is 44.6 Å². The zero-order valence-electron chi connectivity index (χ0n) is 15.3. The van der Waals surface area contributed by atoms with E-state index in [1.165, 1.54) is 25.9 Å². The Hall–Kier alpha value is -2.08. The van der Waals surface area contributed by atoms with E-state index in [1.807, 2.05) is 18.2 Å². The number of nitrogens with one attached hydrogen (secondary N) is 2. The lowest BCUT2D eigenvalue weighted by molar-refractivity contribution is -0.118. The highest BCUT2D eigenvalue weighted by Crippen LogP contribution is 2.36. The van der Waals surface area contributed by atoms with Crippen molar-refractivity contribution < 1.29 is 9.59 Å². The Morgan fingerprint density at radius 2 is 1.96 bits per heavy atom. The number of benzene rings is 1. The van der Waals surface area contributed by atoms with E-state index in [1.54, 1.807) is 0 Å². The monoisotopic (exact) mass is 356 g/mol. The summed E-state index contributed by atoms with van der Waals surface area (Å²) < 4.78 is 0. The van der Waals surface area contributed by atoms with Gasteiger partial charge in [0.15, 0.2) is 0 Å². The van der Waals surface area contributed by atoms with Crippen LogP contribution in [0.15, 0.2) is 18.2 Å². The summed E-state index contributed by atoms with van der Waals surface area (Å²) >= 11 is 0. The number of fused-ring (bicyclic) bond motifs is 3. The van der Waals surface area contributed by atoms with Gasteiger partial charge in [-0.2, -0.15) is 0 Å². The van der Waals surface area contributed by atoms with Gasteiger partial charge in [-0.25, -0.2) is 0 Å². The molecule has 0 bridgehead atoms. The fourth-order valence-corrected chi connectivity index (χ4v) is 4.35. The molecular weight excluding hydrogens is 328 g/mol. The molecule has 0 aromatic heterocycles. The molecule has 0 saturated carbocycles. The number of nitrogens with zero attached hydrogens (tertiary/aromatic N) is 2. The first-order valence-corrected chi connectivity index (χ1v) is 9.94. The molecule has 0 unspecified atom stereocenters. The van der Waals surface area contributed by atoms with E-state index < -0.39 is 0 Å². The Kier molecular flexibility index (Phi) is 5.11. The molecule has 2 saturated heterocycles. The minimum atomic E-state index is -0.0655. The van der Waals surface area contributed by atoms with Gasteiger partial charge >= 0.3 is 0 Å². The average molecular weight is 356 g/mol. The SMILES string of the molecule is O=C(NCCCN1CCCC1)c1ccc2c(c1)NC(=O)[C@H]1CCCCN21. The number of hydrogen-bond donors (Lipinski definition) is 2. The fourth-order valence-electron chi connectivity index (χ4n) is 4.35. The van der Waals surface area contributed by atoms with Crippen LogP contribution in [0.3, 0.4) is 0 Å². The number of piperidine rings is 1. The molecule has 1 aromatic carbocycles. The topological polar surface area (TPSA) is 64.7 Å². The maximum atomic E-state index is 12.4. The number of anilines is 2. The van der Waals surface area contributed by atoms with Gasteiger partial charge in [0.25, 0.3) is 5.91 Å². The maximum Gasteiger partial charge on any atom is 0.251 e. The highest BCUT2D eigenvalue weighted by molar-refractivity contribution is 6.05. The number of likely N-dealkylation sites (tertiary alicyclic amines) is 1. The van der Waals surface area contributed by atoms with Gasteiger partial charge in [0.05, 0.1) is 11.4 Å². The fraction of sp³-hybridized carbons (Fsp3) is 0.600. The number of carbonyl (C=O) groups is 2. The highest BCUT2D eigenvalue weighted by atomic mass is 16.2. The Balaban J connectivity index is 1.36. The van der Waals surface area contributed by atoms with Crippen LogP contribution < -0.4 is 15.5 Å². The van der Waals surface area contributed by atoms with Crippen molar-refractivity contribution in [2.24, 2.45) is 0 Å². The van der Waals surface area contributed by atoms with E-state index >= 15 is 0 Å². The Morgan fingerprint density at radius 1 is 1.15 bits per heavy atom. The lowest BCUT2D eigenvalue weighted by Gasteiger charge is -2.41. The minimum Gasteiger partial charge on any atom is -0.358 e. The summed E-state index contributed by atoms with van der Waals surface area (Å²) in [6, 6.07) is 5.61. The van der Waals surface area contributed by atoms with Crippen molar-refractivity contribution in [3.63, 3.8) is 0 Å². The van der Waals surface area contributed by atoms with Crippen molar-refractivity contribution in [1.82, 2.24) is 10.2 Å². The van der Waals surface area contributed by atoms with Gasteiger partial charge in [-0.1, -0.05) is 0 Å². The van der Waals surface area contributed by atoms with Crippen molar-refractivity contribution in [3.05, 3.63) is 23.8 Å². The number of carbonyl (C=O) groups excluding carboxylic acids is 2. The van der Waals surface area contributed by atoms with Gasteiger partial charge in [0, 0.05) is 18.7 Å². The summed E-state index contributed by atoms with van der Waals surface area (Å²) in [5, 5.41) is 6.00. The van der Waals surface area contributed by atoms with Gasteiger partial charge in [-0.3, -0.25) is 9.59 Å². The molecule has 6 nitrogen and oxygen atoms in total. The molecule has 1 aromatic rings. The van der Waals surface area contributed by atoms with E-state index in [-0.39, 0.29) is 17.9 Å². The maximum absolute atomic E-state index is 12.4. The molecule has 0 aliphatic carbocycles. The van der Waals surface area contributed by atoms with E-state index in [0.717, 1.165) is 50.1 Å². The molecule has 2 amide bonds. The van der Waals surface area contributed by atoms with E-state index in [2.05, 4.69) is 20.4 Å². The molecule has 3 heterocycles. The molecule has 6 heteroatoms. The van der Waals surface area contributed by atoms with Gasteiger partial charge < -0.3 is 20.4 Å². The average Bonchev–Trinajstić information content (AvgIpc) is 3.18. The molecule has 26 heavy (non-hydrogen) atoms. The Labute approximate surface area is 154 Å². The van der Waals surface area contributed by atoms with E-state index in [9.17, 15) is 9.59 Å². The van der Waals surface area contributed by atoms with Crippen LogP contribution in [0.25, 0.3) is 0 Å². The molecule has 4 rings (SSSR count). The highest BCUT2D eigenvalue weighted by Gasteiger charge is 2.34. The largest absolute Gasteiger partial charge is 0.358 e. The zero-order chi connectivity index (χ0) is 17.9. The van der Waals surface area contributed by atoms with Crippen molar-refractivity contribution in [2.75, 3.05) is 42.9 Å². The molecular formula is C20H28N4O2. The quantitative estimate of drug-likeness (QED) is 0.794. The first kappa shape index (κ1) is 17.3. The number of hydrogen-bond acceptors (Lipinski definition) is 4. The van der Waals surface area contributed by atoms with Crippen LogP contribution in [0.4, 0.5) is 11.4 Å². The van der Waals surface area contributed by atoms with Gasteiger partial charge in [-0.05, 0) is 76.4 Å². The summed E-state index contributed by atoms with van der Waals surface area (Å²) in [5.74, 6) is -0.00962. The van der Waals surface area contributed by atoms with Crippen LogP contribution in [-0.4, -0.2) is 55.5 Å². The second-order valence-corrected chi connectivity index (χ2v) is 7.58. The standard InChI is InChI=1S/C20H28N4O2/c25-19(21-9-5-12-23-10-3-4-11-23)15-7-8-17-16(14-15)22-20(26)18-6-1-2-13-24(17)18/h7-8,14,18H,1-6,9-13H2,(H,21,25)(H,22,26)/t18-/m1/s1. The molecule has 2 N–H and O–H groups in total. The van der Waals surface area contributed by atoms with E-state index in [4.69, 9.17) is 0 Å². The molecule has 3 aliphatic heterocycles. The van der Waals surface area contributed by atoms with Crippen molar-refractivity contribution in [3.8, 4) is 0 Å². The summed E-state index contributed by atoms with van der Waals surface area (Å²) in [5.41, 5.74) is 2.42. The smallest absolute Gasteiger partial charge is 0.251 e. The van der Waals surface area contributed by atoms with Gasteiger partial charge in [0.2, 0.25) is 5.91 Å². The number of rotatable bonds is 5. The Morgan fingerprint density at radius 3 is 2.81 bits per heavy atom. The minimum absolute atomic E-state index is 0.0542. The van der Waals surface area contributed by atoms with Crippen molar-refractivity contribution in [1.29, 1.82) is 0 Å². The second kappa shape index (κ2) is 7.66. The summed E-state index contributed by atoms with van der Waals surface area (Å²) in [7, 11) is 0. The predicted molar refractivity (Wildman–Crippen MR) is 103 cm³/mol. The van der Waals surface area contributed by atoms with Crippen LogP contribution in [-0.2, 0) is 4.79 Å². The first-order chi connectivity index (χ1) is 12.7.